The fourth-order valence-electron chi connectivity index (χ4n) is 1.01. The summed E-state index contributed by atoms with van der Waals surface area (Å²) in [5.74, 6) is -0.702. The molecule has 0 aliphatic heterocycles. The van der Waals surface area contributed by atoms with Crippen molar-refractivity contribution >= 4 is 10.1 Å². The Labute approximate surface area is 88.1 Å². The molecule has 0 atom stereocenters. The van der Waals surface area contributed by atoms with Gasteiger partial charge in [0.25, 0.3) is 0 Å². The first kappa shape index (κ1) is 11.8. The van der Waals surface area contributed by atoms with Crippen molar-refractivity contribution in [3.8, 4) is 11.5 Å². The van der Waals surface area contributed by atoms with Crippen molar-refractivity contribution in [3.05, 3.63) is 18.2 Å². The van der Waals surface area contributed by atoms with Gasteiger partial charge in [0.05, 0.1) is 6.10 Å². The standard InChI is InChI=1S/C9H12O5S/c1-6(2)14-15(12,13)9-5-7(10)3-4-8(9)11/h3-6,10-11H,1-2H3. The molecule has 1 aromatic rings. The summed E-state index contributed by atoms with van der Waals surface area (Å²) in [4.78, 5) is -0.434. The van der Waals surface area contributed by atoms with Gasteiger partial charge < -0.3 is 10.2 Å². The summed E-state index contributed by atoms with van der Waals surface area (Å²) in [7, 11) is -4.02. The van der Waals surface area contributed by atoms with Crippen LogP contribution in [0.2, 0.25) is 0 Å². The van der Waals surface area contributed by atoms with E-state index in [0.29, 0.717) is 0 Å². The van der Waals surface area contributed by atoms with Gasteiger partial charge in [-0.25, -0.2) is 0 Å². The van der Waals surface area contributed by atoms with E-state index in [1.165, 1.54) is 6.07 Å². The SMILES string of the molecule is CC(C)OS(=O)(=O)c1cc(O)ccc1O. The van der Waals surface area contributed by atoms with E-state index in [1.807, 2.05) is 0 Å². The second-order valence-corrected chi connectivity index (χ2v) is 4.79. The molecule has 1 rings (SSSR count). The van der Waals surface area contributed by atoms with Gasteiger partial charge in [-0.2, -0.15) is 8.42 Å². The van der Waals surface area contributed by atoms with Crippen LogP contribution in [0.1, 0.15) is 13.8 Å². The van der Waals surface area contributed by atoms with E-state index in [-0.39, 0.29) is 5.75 Å². The molecule has 0 fully saturated rings. The Morgan fingerprint density at radius 3 is 2.40 bits per heavy atom. The third-order valence-electron chi connectivity index (χ3n) is 1.53. The third-order valence-corrected chi connectivity index (χ3v) is 3.04. The Morgan fingerprint density at radius 2 is 1.87 bits per heavy atom. The Morgan fingerprint density at radius 1 is 1.27 bits per heavy atom. The monoisotopic (exact) mass is 232 g/mol. The summed E-state index contributed by atoms with van der Waals surface area (Å²) in [5, 5.41) is 18.4. The van der Waals surface area contributed by atoms with Crippen LogP contribution in [0.15, 0.2) is 23.1 Å². The van der Waals surface area contributed by atoms with Crippen molar-refractivity contribution in [2.24, 2.45) is 0 Å². The van der Waals surface area contributed by atoms with Crippen LogP contribution in [0.25, 0.3) is 0 Å². The lowest BCUT2D eigenvalue weighted by molar-refractivity contribution is 0.247. The second-order valence-electron chi connectivity index (χ2n) is 3.25. The summed E-state index contributed by atoms with van der Waals surface area (Å²) < 4.78 is 27.7. The molecule has 5 nitrogen and oxygen atoms in total. The van der Waals surface area contributed by atoms with Gasteiger partial charge in [-0.05, 0) is 26.0 Å². The fraction of sp³-hybridized carbons (Fsp3) is 0.333. The Bertz CT molecular complexity index is 450. The predicted molar refractivity (Wildman–Crippen MR) is 53.2 cm³/mol. The van der Waals surface area contributed by atoms with Crippen LogP contribution in [0.5, 0.6) is 11.5 Å². The van der Waals surface area contributed by atoms with Crippen LogP contribution >= 0.6 is 0 Å². The summed E-state index contributed by atoms with van der Waals surface area (Å²) in [5.41, 5.74) is 0. The van der Waals surface area contributed by atoms with E-state index in [1.54, 1.807) is 13.8 Å². The molecule has 0 aliphatic carbocycles. The average molecular weight is 232 g/mol. The van der Waals surface area contributed by atoms with Crippen LogP contribution in [0.4, 0.5) is 0 Å². The highest BCUT2D eigenvalue weighted by Gasteiger charge is 2.21. The van der Waals surface area contributed by atoms with Gasteiger partial charge in [-0.15, -0.1) is 0 Å². The lowest BCUT2D eigenvalue weighted by Crippen LogP contribution is -2.12. The van der Waals surface area contributed by atoms with Gasteiger partial charge in [-0.3, -0.25) is 4.18 Å². The third kappa shape index (κ3) is 2.84. The number of phenolic OH excluding ortho intramolecular Hbond substituents is 2. The number of benzene rings is 1. The normalized spacial score (nSPS) is 11.9. The molecule has 0 radical (unpaired) electrons. The van der Waals surface area contributed by atoms with Crippen LogP contribution in [-0.2, 0) is 14.3 Å². The molecule has 6 heteroatoms. The zero-order valence-electron chi connectivity index (χ0n) is 8.34. The van der Waals surface area contributed by atoms with Crippen molar-refractivity contribution < 1.29 is 22.8 Å². The van der Waals surface area contributed by atoms with E-state index in [9.17, 15) is 13.5 Å². The summed E-state index contributed by atoms with van der Waals surface area (Å²) in [6.07, 6.45) is -0.531. The summed E-state index contributed by atoms with van der Waals surface area (Å²) in [6.45, 7) is 3.11. The van der Waals surface area contributed by atoms with Crippen LogP contribution < -0.4 is 0 Å². The smallest absolute Gasteiger partial charge is 0.301 e. The molecule has 15 heavy (non-hydrogen) atoms. The number of rotatable bonds is 3. The Hall–Kier alpha value is -1.27. The summed E-state index contributed by atoms with van der Waals surface area (Å²) in [6, 6.07) is 3.21. The molecule has 0 aromatic heterocycles. The zero-order valence-corrected chi connectivity index (χ0v) is 9.15. The summed E-state index contributed by atoms with van der Waals surface area (Å²) >= 11 is 0. The van der Waals surface area contributed by atoms with Crippen LogP contribution in [0, 0.1) is 0 Å². The zero-order chi connectivity index (χ0) is 11.6. The highest BCUT2D eigenvalue weighted by atomic mass is 32.2. The van der Waals surface area contributed by atoms with Gasteiger partial charge >= 0.3 is 10.1 Å². The van der Waals surface area contributed by atoms with Crippen molar-refractivity contribution in [2.75, 3.05) is 0 Å². The quantitative estimate of drug-likeness (QED) is 0.604. The van der Waals surface area contributed by atoms with Gasteiger partial charge in [0.15, 0.2) is 0 Å². The molecule has 0 unspecified atom stereocenters. The number of phenols is 2. The maximum atomic E-state index is 11.5. The Kier molecular flexibility index (Phi) is 3.21. The first-order chi connectivity index (χ1) is 6.83. The maximum absolute atomic E-state index is 11.5. The highest BCUT2D eigenvalue weighted by Crippen LogP contribution is 2.28. The molecule has 84 valence electrons. The topological polar surface area (TPSA) is 83.8 Å². The minimum atomic E-state index is -4.02. The molecular weight excluding hydrogens is 220 g/mol. The molecule has 0 bridgehead atoms. The lowest BCUT2D eigenvalue weighted by atomic mass is 10.3. The number of hydrogen-bond donors (Lipinski definition) is 2. The van der Waals surface area contributed by atoms with E-state index in [4.69, 9.17) is 5.11 Å². The molecular formula is C9H12O5S. The van der Waals surface area contributed by atoms with Crippen molar-refractivity contribution in [2.45, 2.75) is 24.8 Å². The molecule has 0 spiro atoms. The minimum absolute atomic E-state index is 0.251. The van der Waals surface area contributed by atoms with E-state index < -0.39 is 26.9 Å². The van der Waals surface area contributed by atoms with Gasteiger partial charge in [0.2, 0.25) is 0 Å². The number of hydrogen-bond acceptors (Lipinski definition) is 5. The van der Waals surface area contributed by atoms with Crippen molar-refractivity contribution in [3.63, 3.8) is 0 Å². The fourth-order valence-corrected chi connectivity index (χ4v) is 2.21. The van der Waals surface area contributed by atoms with Crippen LogP contribution in [0.3, 0.4) is 0 Å². The van der Waals surface area contributed by atoms with Crippen molar-refractivity contribution in [1.82, 2.24) is 0 Å². The largest absolute Gasteiger partial charge is 0.508 e. The molecule has 0 saturated carbocycles. The highest BCUT2D eigenvalue weighted by molar-refractivity contribution is 7.86. The van der Waals surface area contributed by atoms with E-state index in [2.05, 4.69) is 4.18 Å². The van der Waals surface area contributed by atoms with Gasteiger partial charge in [0.1, 0.15) is 16.4 Å². The maximum Gasteiger partial charge on any atom is 0.301 e. The minimum Gasteiger partial charge on any atom is -0.508 e. The van der Waals surface area contributed by atoms with E-state index in [0.717, 1.165) is 12.1 Å². The molecule has 0 heterocycles. The average Bonchev–Trinajstić information content (AvgIpc) is 2.06. The second kappa shape index (κ2) is 4.08. The van der Waals surface area contributed by atoms with Crippen LogP contribution in [-0.4, -0.2) is 24.7 Å². The molecule has 0 saturated heterocycles. The molecule has 0 aliphatic rings. The molecule has 0 amide bonds. The Balaban J connectivity index is 3.21. The van der Waals surface area contributed by atoms with Crippen molar-refractivity contribution in [1.29, 1.82) is 0 Å². The first-order valence-electron chi connectivity index (χ1n) is 4.28. The lowest BCUT2D eigenvalue weighted by Gasteiger charge is -2.09. The predicted octanol–water partition coefficient (Wildman–Crippen LogP) is 1.21. The van der Waals surface area contributed by atoms with E-state index >= 15 is 0 Å². The van der Waals surface area contributed by atoms with Gasteiger partial charge in [-0.1, -0.05) is 0 Å². The van der Waals surface area contributed by atoms with Gasteiger partial charge in [0, 0.05) is 6.07 Å². The molecule has 1 aromatic carbocycles. The molecule has 2 N–H and O–H groups in total. The first-order valence-corrected chi connectivity index (χ1v) is 5.69. The number of aromatic hydroxyl groups is 2.